The number of benzene rings is 1. The summed E-state index contributed by atoms with van der Waals surface area (Å²) >= 11 is 0. The third-order valence-electron chi connectivity index (χ3n) is 6.62. The number of Topliss-reactive ketones (excluding diaryl/α,β-unsaturated/α-hetero) is 1. The lowest BCUT2D eigenvalue weighted by Gasteiger charge is -2.45. The number of amides is 1. The minimum Gasteiger partial charge on any atom is -0.498 e. The first-order valence-corrected chi connectivity index (χ1v) is 11.0. The summed E-state index contributed by atoms with van der Waals surface area (Å²) in [5, 5.41) is 0. The quantitative estimate of drug-likeness (QED) is 0.629. The smallest absolute Gasteiger partial charge is 0.230 e. The summed E-state index contributed by atoms with van der Waals surface area (Å²) < 4.78 is 11.1. The molecule has 4 atom stereocenters. The number of nitrogens with zero attached hydrogens (tertiary/aromatic N) is 1. The molecule has 2 heterocycles. The van der Waals surface area contributed by atoms with Crippen LogP contribution in [0.4, 0.5) is 0 Å². The molecule has 0 spiro atoms. The van der Waals surface area contributed by atoms with Crippen LogP contribution in [0.2, 0.25) is 0 Å². The molecule has 2 aliphatic carbocycles. The Balaban J connectivity index is 1.54. The lowest BCUT2D eigenvalue weighted by molar-refractivity contribution is -0.148. The van der Waals surface area contributed by atoms with Crippen molar-refractivity contribution >= 4 is 17.5 Å². The molecule has 5 rings (SSSR count). The zero-order valence-electron chi connectivity index (χ0n) is 18.1. The van der Waals surface area contributed by atoms with E-state index in [9.17, 15) is 14.4 Å². The van der Waals surface area contributed by atoms with Crippen molar-refractivity contribution in [1.29, 1.82) is 0 Å². The first-order chi connectivity index (χ1) is 15.0. The molecule has 0 N–H and O–H groups in total. The van der Waals surface area contributed by atoms with E-state index in [0.717, 1.165) is 24.2 Å². The van der Waals surface area contributed by atoms with Gasteiger partial charge in [0.1, 0.15) is 6.04 Å². The Morgan fingerprint density at radius 2 is 1.87 bits per heavy atom. The van der Waals surface area contributed by atoms with Gasteiger partial charge in [-0.05, 0) is 30.4 Å². The van der Waals surface area contributed by atoms with Gasteiger partial charge in [0.15, 0.2) is 11.5 Å². The fraction of sp³-hybridized carbons (Fsp3) is 0.480. The number of carbonyl (C=O) groups excluding carboxylic acids is 3. The number of carbonyl (C=O) groups is 3. The SMILES string of the molecule is COC1=C[C@@H]2C(=O)N(CCCOC3=CC(=O)CCC3)[C@H](C1=O)[C@H](c1ccccc1)[C@H]2C. The van der Waals surface area contributed by atoms with Crippen molar-refractivity contribution in [3.8, 4) is 0 Å². The Labute approximate surface area is 182 Å². The number of rotatable bonds is 7. The van der Waals surface area contributed by atoms with Gasteiger partial charge in [0.25, 0.3) is 0 Å². The van der Waals surface area contributed by atoms with E-state index in [1.54, 1.807) is 17.1 Å². The van der Waals surface area contributed by atoms with E-state index in [2.05, 4.69) is 0 Å². The van der Waals surface area contributed by atoms with E-state index in [0.29, 0.717) is 26.0 Å². The van der Waals surface area contributed by atoms with Crippen LogP contribution >= 0.6 is 0 Å². The maximum absolute atomic E-state index is 13.4. The number of allylic oxidation sites excluding steroid dienone is 2. The van der Waals surface area contributed by atoms with Crippen molar-refractivity contribution in [3.63, 3.8) is 0 Å². The standard InChI is InChI=1S/C25H29NO5/c1-16-20-15-21(30-2)24(28)23(22(16)17-8-4-3-5-9-17)26(25(20)29)12-7-13-31-19-11-6-10-18(27)14-19/h3-5,8-9,14-16,20,22-23H,6-7,10-13H2,1-2H3/t16-,20-,22-,23-/m0/s1. The molecule has 164 valence electrons. The average Bonchev–Trinajstić information content (AvgIpc) is 2.94. The van der Waals surface area contributed by atoms with Crippen LogP contribution in [0.15, 0.2) is 54.0 Å². The van der Waals surface area contributed by atoms with Crippen molar-refractivity contribution in [2.24, 2.45) is 11.8 Å². The Bertz CT molecular complexity index is 919. The predicted molar refractivity (Wildman–Crippen MR) is 115 cm³/mol. The van der Waals surface area contributed by atoms with Gasteiger partial charge in [0, 0.05) is 31.4 Å². The van der Waals surface area contributed by atoms with Gasteiger partial charge in [0.2, 0.25) is 11.7 Å². The van der Waals surface area contributed by atoms with Crippen LogP contribution < -0.4 is 0 Å². The maximum atomic E-state index is 13.4. The highest BCUT2D eigenvalue weighted by molar-refractivity contribution is 6.04. The number of hydrogen-bond donors (Lipinski definition) is 0. The second-order valence-corrected chi connectivity index (χ2v) is 8.53. The molecule has 1 amide bonds. The van der Waals surface area contributed by atoms with Gasteiger partial charge in [-0.25, -0.2) is 0 Å². The van der Waals surface area contributed by atoms with Gasteiger partial charge in [-0.1, -0.05) is 37.3 Å². The van der Waals surface area contributed by atoms with Crippen LogP contribution in [0, 0.1) is 11.8 Å². The maximum Gasteiger partial charge on any atom is 0.230 e. The van der Waals surface area contributed by atoms with E-state index in [1.807, 2.05) is 37.3 Å². The molecule has 1 fully saturated rings. The second kappa shape index (κ2) is 9.08. The molecular weight excluding hydrogens is 394 g/mol. The Morgan fingerprint density at radius 3 is 2.58 bits per heavy atom. The molecule has 0 radical (unpaired) electrons. The van der Waals surface area contributed by atoms with Crippen LogP contribution in [0.3, 0.4) is 0 Å². The van der Waals surface area contributed by atoms with Crippen LogP contribution in [-0.2, 0) is 23.9 Å². The van der Waals surface area contributed by atoms with E-state index in [4.69, 9.17) is 9.47 Å². The van der Waals surface area contributed by atoms with Crippen molar-refractivity contribution < 1.29 is 23.9 Å². The number of fused-ring (bicyclic) bond motifs is 3. The Hall–Kier alpha value is -2.89. The number of ketones is 2. The summed E-state index contributed by atoms with van der Waals surface area (Å²) in [7, 11) is 1.48. The van der Waals surface area contributed by atoms with E-state index in [1.165, 1.54) is 7.11 Å². The summed E-state index contributed by atoms with van der Waals surface area (Å²) in [6.45, 7) is 2.88. The zero-order valence-corrected chi connectivity index (χ0v) is 18.1. The van der Waals surface area contributed by atoms with Crippen LogP contribution in [0.25, 0.3) is 0 Å². The lowest BCUT2D eigenvalue weighted by atomic mass is 9.71. The average molecular weight is 424 g/mol. The van der Waals surface area contributed by atoms with Crippen molar-refractivity contribution in [2.45, 2.75) is 44.6 Å². The predicted octanol–water partition coefficient (Wildman–Crippen LogP) is 3.39. The molecule has 0 aromatic heterocycles. The van der Waals surface area contributed by atoms with Gasteiger partial charge in [-0.2, -0.15) is 0 Å². The van der Waals surface area contributed by atoms with Gasteiger partial charge >= 0.3 is 0 Å². The molecule has 6 nitrogen and oxygen atoms in total. The second-order valence-electron chi connectivity index (χ2n) is 8.53. The largest absolute Gasteiger partial charge is 0.498 e. The molecule has 0 unspecified atom stereocenters. The molecule has 6 heteroatoms. The fourth-order valence-corrected chi connectivity index (χ4v) is 5.07. The highest BCUT2D eigenvalue weighted by Gasteiger charge is 2.52. The fourth-order valence-electron chi connectivity index (χ4n) is 5.07. The third kappa shape index (κ3) is 4.16. The first kappa shape index (κ1) is 21.3. The minimum atomic E-state index is -0.592. The minimum absolute atomic E-state index is 0.0117. The molecule has 4 aliphatic rings. The lowest BCUT2D eigenvalue weighted by Crippen LogP contribution is -2.56. The normalized spacial score (nSPS) is 28.2. The monoisotopic (exact) mass is 423 g/mol. The molecule has 2 aliphatic heterocycles. The molecule has 1 aromatic rings. The summed E-state index contributed by atoms with van der Waals surface area (Å²) in [4.78, 5) is 40.0. The van der Waals surface area contributed by atoms with Gasteiger partial charge in [-0.15, -0.1) is 0 Å². The first-order valence-electron chi connectivity index (χ1n) is 11.0. The molecule has 1 saturated heterocycles. The highest BCUT2D eigenvalue weighted by Crippen LogP contribution is 2.45. The Kier molecular flexibility index (Phi) is 6.25. The molecule has 1 aromatic carbocycles. The van der Waals surface area contributed by atoms with Crippen molar-refractivity contribution in [1.82, 2.24) is 4.90 Å². The van der Waals surface area contributed by atoms with Crippen LogP contribution in [0.5, 0.6) is 0 Å². The molecule has 0 saturated carbocycles. The van der Waals surface area contributed by atoms with Crippen molar-refractivity contribution in [3.05, 3.63) is 59.6 Å². The van der Waals surface area contributed by atoms with Gasteiger partial charge in [-0.3, -0.25) is 14.4 Å². The van der Waals surface area contributed by atoms with Crippen LogP contribution in [0.1, 0.15) is 44.1 Å². The number of hydrogen-bond acceptors (Lipinski definition) is 5. The molecule has 31 heavy (non-hydrogen) atoms. The Morgan fingerprint density at radius 1 is 1.10 bits per heavy atom. The van der Waals surface area contributed by atoms with E-state index < -0.39 is 12.0 Å². The molecule has 2 bridgehead atoms. The highest BCUT2D eigenvalue weighted by atomic mass is 16.5. The van der Waals surface area contributed by atoms with Gasteiger partial charge in [0.05, 0.1) is 25.4 Å². The topological polar surface area (TPSA) is 72.9 Å². The third-order valence-corrected chi connectivity index (χ3v) is 6.62. The van der Waals surface area contributed by atoms with E-state index in [-0.39, 0.29) is 35.1 Å². The number of piperidine rings is 1. The van der Waals surface area contributed by atoms with Crippen molar-refractivity contribution in [2.75, 3.05) is 20.3 Å². The van der Waals surface area contributed by atoms with E-state index >= 15 is 0 Å². The van der Waals surface area contributed by atoms with Crippen LogP contribution in [-0.4, -0.2) is 48.7 Å². The molecular formula is C25H29NO5. The summed E-state index contributed by atoms with van der Waals surface area (Å²) in [5.41, 5.74) is 1.06. The number of ether oxygens (including phenoxy) is 2. The summed E-state index contributed by atoms with van der Waals surface area (Å²) in [6, 6.07) is 9.35. The summed E-state index contributed by atoms with van der Waals surface area (Å²) in [5.74, 6) is 0.415. The van der Waals surface area contributed by atoms with Gasteiger partial charge < -0.3 is 14.4 Å². The number of methoxy groups -OCH3 is 1. The summed E-state index contributed by atoms with van der Waals surface area (Å²) in [6.07, 6.45) is 6.04. The zero-order chi connectivity index (χ0) is 22.0.